The molecule has 0 radical (unpaired) electrons. The fourth-order valence-corrected chi connectivity index (χ4v) is 2.14. The first kappa shape index (κ1) is 25.1. The van der Waals surface area contributed by atoms with Crippen molar-refractivity contribution in [2.24, 2.45) is 4.99 Å². The number of hydrogen-bond acceptors (Lipinski definition) is 4. The molecular weight excluding hydrogens is 461 g/mol. The van der Waals surface area contributed by atoms with Gasteiger partial charge in [0.15, 0.2) is 5.96 Å². The molecule has 0 aliphatic carbocycles. The van der Waals surface area contributed by atoms with Crippen LogP contribution >= 0.6 is 24.0 Å². The van der Waals surface area contributed by atoms with Gasteiger partial charge in [-0.3, -0.25) is 14.9 Å². The van der Waals surface area contributed by atoms with Crippen molar-refractivity contribution in [3.8, 4) is 0 Å². The quantitative estimate of drug-likeness (QED) is 0.131. The molecule has 0 atom stereocenters. The number of nitro groups is 1. The molecule has 0 unspecified atom stereocenters. The van der Waals surface area contributed by atoms with Gasteiger partial charge in [-0.1, -0.05) is 38.3 Å². The van der Waals surface area contributed by atoms with E-state index in [0.717, 1.165) is 24.9 Å². The summed E-state index contributed by atoms with van der Waals surface area (Å²) in [5, 5.41) is 17.0. The van der Waals surface area contributed by atoms with E-state index in [2.05, 4.69) is 22.5 Å². The van der Waals surface area contributed by atoms with E-state index in [1.165, 1.54) is 29.9 Å². The highest BCUT2D eigenvalue weighted by Gasteiger charge is 2.07. The van der Waals surface area contributed by atoms with Crippen LogP contribution in [0.15, 0.2) is 29.3 Å². The van der Waals surface area contributed by atoms with Crippen molar-refractivity contribution < 1.29 is 9.72 Å². The maximum atomic E-state index is 11.8. The van der Waals surface area contributed by atoms with Gasteiger partial charge >= 0.3 is 0 Å². The summed E-state index contributed by atoms with van der Waals surface area (Å²) < 4.78 is 0. The summed E-state index contributed by atoms with van der Waals surface area (Å²) in [5.41, 5.74) is 0.920. The Labute approximate surface area is 178 Å². The van der Waals surface area contributed by atoms with Crippen LogP contribution in [0.4, 0.5) is 5.69 Å². The second-order valence-electron chi connectivity index (χ2n) is 6.22. The normalized spacial score (nSPS) is 10.7. The largest absolute Gasteiger partial charge is 0.356 e. The Bertz CT molecular complexity index is 606. The van der Waals surface area contributed by atoms with E-state index in [1.54, 1.807) is 26.2 Å². The average molecular weight is 491 g/mol. The fraction of sp³-hybridized carbons (Fsp3) is 0.556. The van der Waals surface area contributed by atoms with Gasteiger partial charge in [0.2, 0.25) is 5.91 Å². The zero-order valence-electron chi connectivity index (χ0n) is 16.2. The highest BCUT2D eigenvalue weighted by molar-refractivity contribution is 14.0. The van der Waals surface area contributed by atoms with E-state index in [9.17, 15) is 14.9 Å². The number of aliphatic imine (C=N–C) groups is 1. The van der Waals surface area contributed by atoms with Gasteiger partial charge in [-0.15, -0.1) is 24.0 Å². The number of non-ortho nitro benzene ring substituents is 1. The molecule has 1 aromatic carbocycles. The number of nitro benzene ring substituents is 1. The van der Waals surface area contributed by atoms with Crippen LogP contribution in [0.25, 0.3) is 0 Å². The molecule has 0 spiro atoms. The average Bonchev–Trinajstić information content (AvgIpc) is 2.63. The number of carbonyl (C=O) groups is 1. The number of carbonyl (C=O) groups excluding carboxylic acids is 1. The lowest BCUT2D eigenvalue weighted by atomic mass is 10.2. The van der Waals surface area contributed by atoms with Crippen molar-refractivity contribution in [3.05, 3.63) is 39.9 Å². The molecule has 27 heavy (non-hydrogen) atoms. The highest BCUT2D eigenvalue weighted by atomic mass is 127. The molecule has 1 aromatic rings. The molecule has 0 aromatic heterocycles. The lowest BCUT2D eigenvalue weighted by molar-refractivity contribution is -0.384. The number of guanidine groups is 1. The molecular formula is C18H30IN5O3. The first-order valence-corrected chi connectivity index (χ1v) is 8.89. The molecule has 8 nitrogen and oxygen atoms in total. The monoisotopic (exact) mass is 491 g/mol. The van der Waals surface area contributed by atoms with Gasteiger partial charge in [0.25, 0.3) is 5.69 Å². The molecule has 1 rings (SSSR count). The summed E-state index contributed by atoms with van der Waals surface area (Å²) in [6, 6.07) is 6.30. The summed E-state index contributed by atoms with van der Waals surface area (Å²) in [6.07, 6.45) is 4.56. The summed E-state index contributed by atoms with van der Waals surface area (Å²) >= 11 is 0. The van der Waals surface area contributed by atoms with E-state index in [0.29, 0.717) is 12.5 Å². The third kappa shape index (κ3) is 10.7. The van der Waals surface area contributed by atoms with Crippen molar-refractivity contribution >= 4 is 41.5 Å². The summed E-state index contributed by atoms with van der Waals surface area (Å²) in [6.45, 7) is 3.48. The molecule has 9 heteroatoms. The molecule has 1 amide bonds. The minimum absolute atomic E-state index is 0. The Hall–Kier alpha value is -1.91. The number of rotatable bonds is 10. The van der Waals surface area contributed by atoms with Gasteiger partial charge in [0.05, 0.1) is 18.0 Å². The molecule has 0 bridgehead atoms. The molecule has 152 valence electrons. The summed E-state index contributed by atoms with van der Waals surface area (Å²) in [7, 11) is 3.41. The molecule has 0 heterocycles. The van der Waals surface area contributed by atoms with E-state index in [1.807, 2.05) is 0 Å². The molecule has 0 saturated carbocycles. The molecule has 0 saturated heterocycles. The number of unbranched alkanes of at least 4 members (excludes halogenated alkanes) is 3. The third-order valence-corrected chi connectivity index (χ3v) is 3.80. The van der Waals surface area contributed by atoms with Crippen molar-refractivity contribution in [3.63, 3.8) is 0 Å². The number of hydrogen-bond donors (Lipinski definition) is 2. The van der Waals surface area contributed by atoms with Gasteiger partial charge in [-0.25, -0.2) is 4.99 Å². The van der Waals surface area contributed by atoms with Gasteiger partial charge in [0.1, 0.15) is 0 Å². The fourth-order valence-electron chi connectivity index (χ4n) is 2.14. The predicted molar refractivity (Wildman–Crippen MR) is 118 cm³/mol. The van der Waals surface area contributed by atoms with Crippen LogP contribution in [0.5, 0.6) is 0 Å². The van der Waals surface area contributed by atoms with Gasteiger partial charge < -0.3 is 15.5 Å². The van der Waals surface area contributed by atoms with Crippen LogP contribution < -0.4 is 10.6 Å². The number of amides is 1. The van der Waals surface area contributed by atoms with Gasteiger partial charge in [-0.05, 0) is 12.0 Å². The van der Waals surface area contributed by atoms with Crippen LogP contribution in [0.1, 0.15) is 38.2 Å². The number of nitrogens with zero attached hydrogens (tertiary/aromatic N) is 3. The summed E-state index contributed by atoms with van der Waals surface area (Å²) in [5.74, 6) is 0.524. The third-order valence-electron chi connectivity index (χ3n) is 3.80. The smallest absolute Gasteiger partial charge is 0.269 e. The van der Waals surface area contributed by atoms with E-state index in [4.69, 9.17) is 0 Å². The zero-order valence-corrected chi connectivity index (χ0v) is 18.6. The number of halogens is 1. The second-order valence-corrected chi connectivity index (χ2v) is 6.22. The molecule has 2 N–H and O–H groups in total. The standard InChI is InChI=1S/C18H29N5O3.HI/c1-4-5-6-7-12-19-18(21-14-17(24)22(2)3)20-13-15-8-10-16(11-9-15)23(25)26;/h8-11H,4-7,12-14H2,1-3H3,(H2,19,20,21);1H. The Kier molecular flexibility index (Phi) is 13.2. The summed E-state index contributed by atoms with van der Waals surface area (Å²) in [4.78, 5) is 28.0. The van der Waals surface area contributed by atoms with Crippen molar-refractivity contribution in [1.82, 2.24) is 15.5 Å². The first-order valence-electron chi connectivity index (χ1n) is 8.89. The lowest BCUT2D eigenvalue weighted by Crippen LogP contribution is -2.43. The van der Waals surface area contributed by atoms with Gasteiger partial charge in [0, 0.05) is 32.8 Å². The molecule has 0 aliphatic heterocycles. The van der Waals surface area contributed by atoms with Crippen molar-refractivity contribution in [2.45, 2.75) is 39.2 Å². The van der Waals surface area contributed by atoms with Crippen LogP contribution in [-0.4, -0.2) is 48.9 Å². The topological polar surface area (TPSA) is 99.9 Å². The van der Waals surface area contributed by atoms with Crippen LogP contribution in [0.3, 0.4) is 0 Å². The van der Waals surface area contributed by atoms with E-state index in [-0.39, 0.29) is 42.1 Å². The SMILES string of the molecule is CCCCCCNC(=NCc1ccc([N+](=O)[O-])cc1)NCC(=O)N(C)C.I. The Morgan fingerprint density at radius 1 is 1.15 bits per heavy atom. The Morgan fingerprint density at radius 2 is 1.81 bits per heavy atom. The second kappa shape index (κ2) is 14.2. The first-order chi connectivity index (χ1) is 12.4. The molecule has 0 aliphatic rings. The maximum absolute atomic E-state index is 11.8. The Balaban J connectivity index is 0.00000676. The zero-order chi connectivity index (χ0) is 19.4. The van der Waals surface area contributed by atoms with Gasteiger partial charge in [-0.2, -0.15) is 0 Å². The van der Waals surface area contributed by atoms with Crippen molar-refractivity contribution in [2.75, 3.05) is 27.2 Å². The lowest BCUT2D eigenvalue weighted by Gasteiger charge is -2.15. The molecule has 0 fully saturated rings. The van der Waals surface area contributed by atoms with E-state index < -0.39 is 4.92 Å². The van der Waals surface area contributed by atoms with Crippen molar-refractivity contribution in [1.29, 1.82) is 0 Å². The van der Waals surface area contributed by atoms with Crippen LogP contribution in [0.2, 0.25) is 0 Å². The highest BCUT2D eigenvalue weighted by Crippen LogP contribution is 2.12. The Morgan fingerprint density at radius 3 is 2.37 bits per heavy atom. The maximum Gasteiger partial charge on any atom is 0.269 e. The van der Waals surface area contributed by atoms with Crippen LogP contribution in [0, 0.1) is 10.1 Å². The minimum Gasteiger partial charge on any atom is -0.356 e. The number of nitrogens with one attached hydrogen (secondary N) is 2. The number of likely N-dealkylation sites (N-methyl/N-ethyl adjacent to an activating group) is 1. The number of benzene rings is 1. The van der Waals surface area contributed by atoms with E-state index >= 15 is 0 Å². The predicted octanol–water partition coefficient (Wildman–Crippen LogP) is 2.92. The van der Waals surface area contributed by atoms with Crippen LogP contribution in [-0.2, 0) is 11.3 Å². The minimum atomic E-state index is -0.426.